The highest BCUT2D eigenvalue weighted by molar-refractivity contribution is 7.11. The molecule has 25 heavy (non-hydrogen) atoms. The highest BCUT2D eigenvalue weighted by Gasteiger charge is 2.17. The Kier molecular flexibility index (Phi) is 8.68. The second-order valence-corrected chi connectivity index (χ2v) is 5.91. The van der Waals surface area contributed by atoms with Gasteiger partial charge in [0.05, 0.1) is 25.5 Å². The van der Waals surface area contributed by atoms with Crippen LogP contribution in [0, 0.1) is 6.92 Å². The molecule has 0 spiro atoms. The van der Waals surface area contributed by atoms with E-state index in [-0.39, 0.29) is 25.0 Å². The van der Waals surface area contributed by atoms with E-state index in [0.717, 1.165) is 17.1 Å². The van der Waals surface area contributed by atoms with Gasteiger partial charge in [-0.3, -0.25) is 0 Å². The van der Waals surface area contributed by atoms with Crippen LogP contribution < -0.4 is 9.54 Å². The van der Waals surface area contributed by atoms with E-state index in [1.165, 1.54) is 11.3 Å². The van der Waals surface area contributed by atoms with Gasteiger partial charge in [0.25, 0.3) is 0 Å². The van der Waals surface area contributed by atoms with Crippen LogP contribution in [0.3, 0.4) is 0 Å². The van der Waals surface area contributed by atoms with Gasteiger partial charge in [0.2, 0.25) is 0 Å². The molecule has 138 valence electrons. The summed E-state index contributed by atoms with van der Waals surface area (Å²) < 4.78 is 12.3. The lowest BCUT2D eigenvalue weighted by molar-refractivity contribution is 0.0530. The number of benzene rings is 1. The number of hydrogen-bond donors (Lipinski definition) is 1. The number of carbonyl (C=O) groups excluding carboxylic acids is 1. The first-order valence-electron chi connectivity index (χ1n) is 7.86. The molecule has 0 saturated carbocycles. The fraction of sp³-hybridized carbons (Fsp3) is 0.412. The van der Waals surface area contributed by atoms with Crippen LogP contribution in [-0.2, 0) is 11.3 Å². The highest BCUT2D eigenvalue weighted by Crippen LogP contribution is 2.19. The minimum absolute atomic E-state index is 0. The highest BCUT2D eigenvalue weighted by atomic mass is 35.5. The molecule has 1 aromatic heterocycles. The molecule has 8 heteroatoms. The Morgan fingerprint density at radius 2 is 1.92 bits per heavy atom. The first kappa shape index (κ1) is 21.2. The lowest BCUT2D eigenvalue weighted by Gasteiger charge is -2.05. The van der Waals surface area contributed by atoms with E-state index >= 15 is 0 Å². The number of esters is 1. The summed E-state index contributed by atoms with van der Waals surface area (Å²) in [4.78, 5) is 17.8. The summed E-state index contributed by atoms with van der Waals surface area (Å²) >= 11 is 1.26. The van der Waals surface area contributed by atoms with Crippen molar-refractivity contribution in [2.24, 2.45) is 4.99 Å². The number of hydrogen-bond acceptors (Lipinski definition) is 6. The summed E-state index contributed by atoms with van der Waals surface area (Å²) in [7, 11) is 0. The topological polar surface area (TPSA) is 73.0 Å². The molecule has 2 aromatic rings. The lowest BCUT2D eigenvalue weighted by Crippen LogP contribution is -2.18. The monoisotopic (exact) mass is 386 g/mol. The summed E-state index contributed by atoms with van der Waals surface area (Å²) in [5, 5.41) is 9.29. The number of nitrogens with zero attached hydrogens (tertiary/aromatic N) is 2. The summed E-state index contributed by atoms with van der Waals surface area (Å²) in [5.41, 5.74) is 1.50. The van der Waals surface area contributed by atoms with Crippen LogP contribution in [0.5, 0.6) is 5.75 Å². The van der Waals surface area contributed by atoms with Crippen LogP contribution in [0.4, 0.5) is 5.69 Å². The summed E-state index contributed by atoms with van der Waals surface area (Å²) in [5.74, 6) is 0.425. The van der Waals surface area contributed by atoms with Gasteiger partial charge in [0.15, 0.2) is 4.80 Å². The molecule has 0 fully saturated rings. The average molecular weight is 387 g/mol. The van der Waals surface area contributed by atoms with E-state index < -0.39 is 0 Å². The van der Waals surface area contributed by atoms with Crippen LogP contribution in [-0.4, -0.2) is 35.5 Å². The molecule has 1 aromatic carbocycles. The Balaban J connectivity index is 0.00000312. The second-order valence-electron chi connectivity index (χ2n) is 4.93. The van der Waals surface area contributed by atoms with E-state index in [2.05, 4.69) is 4.99 Å². The number of aromatic nitrogens is 1. The number of ether oxygens (including phenoxy) is 2. The van der Waals surface area contributed by atoms with Gasteiger partial charge in [-0.25, -0.2) is 9.79 Å². The van der Waals surface area contributed by atoms with Crippen molar-refractivity contribution in [3.05, 3.63) is 39.6 Å². The molecule has 0 unspecified atom stereocenters. The molecule has 0 bridgehead atoms. The minimum atomic E-state index is -0.361. The number of aliphatic hydroxyl groups is 1. The fourth-order valence-electron chi connectivity index (χ4n) is 2.21. The molecule has 0 aliphatic heterocycles. The second kappa shape index (κ2) is 10.2. The van der Waals surface area contributed by atoms with Crippen LogP contribution in [0.15, 0.2) is 29.3 Å². The van der Waals surface area contributed by atoms with E-state index in [1.807, 2.05) is 42.7 Å². The lowest BCUT2D eigenvalue weighted by atomic mass is 10.3. The zero-order valence-corrected chi connectivity index (χ0v) is 16.2. The number of halogens is 1. The number of carbonyl (C=O) groups is 1. The van der Waals surface area contributed by atoms with Crippen molar-refractivity contribution in [1.29, 1.82) is 0 Å². The standard InChI is InChI=1S/C17H22N2O4S.ClH/c1-4-22-14-8-6-13(7-9-14)18-17-19(10-11-20)12(3)15(24-17)16(21)23-5-2;/h6-9,20H,4-5,10-11H2,1-3H3;1H/b18-17+;. The van der Waals surface area contributed by atoms with Crippen molar-refractivity contribution < 1.29 is 19.4 Å². The molecule has 0 saturated heterocycles. The third kappa shape index (κ3) is 5.32. The molecular formula is C17H23ClN2O4S. The van der Waals surface area contributed by atoms with Crippen molar-refractivity contribution in [2.75, 3.05) is 19.8 Å². The first-order valence-corrected chi connectivity index (χ1v) is 8.68. The van der Waals surface area contributed by atoms with Gasteiger partial charge in [-0.05, 0) is 45.0 Å². The number of thiazole rings is 1. The Morgan fingerprint density at radius 3 is 2.48 bits per heavy atom. The molecule has 1 N–H and O–H groups in total. The van der Waals surface area contributed by atoms with E-state index in [9.17, 15) is 9.90 Å². The van der Waals surface area contributed by atoms with Crippen molar-refractivity contribution in [3.63, 3.8) is 0 Å². The maximum absolute atomic E-state index is 12.1. The first-order chi connectivity index (χ1) is 11.6. The van der Waals surface area contributed by atoms with Crippen molar-refractivity contribution >= 4 is 35.4 Å². The van der Waals surface area contributed by atoms with E-state index in [1.54, 1.807) is 6.92 Å². The number of rotatable bonds is 7. The van der Waals surface area contributed by atoms with Crippen LogP contribution in [0.1, 0.15) is 29.2 Å². The third-order valence-electron chi connectivity index (χ3n) is 3.31. The van der Waals surface area contributed by atoms with Crippen molar-refractivity contribution in [2.45, 2.75) is 27.3 Å². The Labute approximate surface area is 157 Å². The predicted molar refractivity (Wildman–Crippen MR) is 100 cm³/mol. The quantitative estimate of drug-likeness (QED) is 0.742. The van der Waals surface area contributed by atoms with Gasteiger partial charge in [0.1, 0.15) is 10.6 Å². The zero-order valence-electron chi connectivity index (χ0n) is 14.5. The molecule has 0 radical (unpaired) electrons. The average Bonchev–Trinajstić information content (AvgIpc) is 2.87. The third-order valence-corrected chi connectivity index (χ3v) is 4.48. The van der Waals surface area contributed by atoms with Crippen LogP contribution >= 0.6 is 23.7 Å². The fourth-order valence-corrected chi connectivity index (χ4v) is 3.29. The van der Waals surface area contributed by atoms with E-state index in [4.69, 9.17) is 9.47 Å². The maximum atomic E-state index is 12.1. The predicted octanol–water partition coefficient (Wildman–Crippen LogP) is 3.08. The van der Waals surface area contributed by atoms with Gasteiger partial charge in [-0.1, -0.05) is 11.3 Å². The van der Waals surface area contributed by atoms with Gasteiger partial charge in [0, 0.05) is 12.2 Å². The summed E-state index contributed by atoms with van der Waals surface area (Å²) in [6.45, 7) is 6.81. The normalized spacial score (nSPS) is 11.1. The van der Waals surface area contributed by atoms with Crippen LogP contribution in [0.2, 0.25) is 0 Å². The Bertz CT molecular complexity index is 753. The summed E-state index contributed by atoms with van der Waals surface area (Å²) in [6.07, 6.45) is 0. The smallest absolute Gasteiger partial charge is 0.350 e. The summed E-state index contributed by atoms with van der Waals surface area (Å²) in [6, 6.07) is 7.41. The van der Waals surface area contributed by atoms with Gasteiger partial charge >= 0.3 is 5.97 Å². The van der Waals surface area contributed by atoms with Crippen molar-refractivity contribution in [1.82, 2.24) is 4.57 Å². The van der Waals surface area contributed by atoms with Gasteiger partial charge in [-0.2, -0.15) is 0 Å². The molecular weight excluding hydrogens is 364 g/mol. The van der Waals surface area contributed by atoms with Gasteiger partial charge < -0.3 is 19.1 Å². The molecule has 0 aliphatic rings. The largest absolute Gasteiger partial charge is 0.494 e. The minimum Gasteiger partial charge on any atom is -0.494 e. The molecule has 1 heterocycles. The van der Waals surface area contributed by atoms with Crippen LogP contribution in [0.25, 0.3) is 0 Å². The molecule has 0 aliphatic carbocycles. The molecule has 6 nitrogen and oxygen atoms in total. The van der Waals surface area contributed by atoms with E-state index in [0.29, 0.717) is 29.4 Å². The molecule has 0 atom stereocenters. The molecule has 2 rings (SSSR count). The SMILES string of the molecule is CCOC(=O)c1s/c(=N/c2ccc(OCC)cc2)n(CCO)c1C.Cl. The maximum Gasteiger partial charge on any atom is 0.350 e. The Hall–Kier alpha value is -1.83. The Morgan fingerprint density at radius 1 is 1.24 bits per heavy atom. The van der Waals surface area contributed by atoms with Crippen molar-refractivity contribution in [3.8, 4) is 5.75 Å². The number of aliphatic hydroxyl groups excluding tert-OH is 1. The molecule has 0 amide bonds. The zero-order chi connectivity index (χ0) is 17.5. The van der Waals surface area contributed by atoms with Gasteiger partial charge in [-0.15, -0.1) is 12.4 Å².